The molecule has 0 saturated carbocycles. The molecule has 0 heterocycles. The van der Waals surface area contributed by atoms with Crippen LogP contribution in [-0.2, 0) is 0 Å². The average molecular weight is 412 g/mol. The molecule has 2 rings (SSSR count). The highest BCUT2D eigenvalue weighted by Crippen LogP contribution is 2.31. The maximum absolute atomic E-state index is 13.5. The zero-order valence-electron chi connectivity index (χ0n) is 9.47. The summed E-state index contributed by atoms with van der Waals surface area (Å²) in [4.78, 5) is 0. The SMILES string of the molecule is Fc1cc(Br)cc(F)c1N=Nc1c(F)cc(Br)cc1F. The van der Waals surface area contributed by atoms with Crippen LogP contribution >= 0.6 is 31.9 Å². The van der Waals surface area contributed by atoms with Crippen molar-refractivity contribution in [3.8, 4) is 0 Å². The summed E-state index contributed by atoms with van der Waals surface area (Å²) in [5.74, 6) is -4.01. The van der Waals surface area contributed by atoms with Crippen LogP contribution in [0.5, 0.6) is 0 Å². The Morgan fingerprint density at radius 3 is 1.10 bits per heavy atom. The fourth-order valence-electron chi connectivity index (χ4n) is 1.36. The van der Waals surface area contributed by atoms with Gasteiger partial charge < -0.3 is 0 Å². The van der Waals surface area contributed by atoms with Crippen molar-refractivity contribution in [2.75, 3.05) is 0 Å². The molecule has 0 bridgehead atoms. The van der Waals surface area contributed by atoms with E-state index in [-0.39, 0.29) is 8.95 Å². The summed E-state index contributed by atoms with van der Waals surface area (Å²) in [7, 11) is 0. The fraction of sp³-hybridized carbons (Fsp3) is 0. The molecule has 104 valence electrons. The normalized spacial score (nSPS) is 11.3. The van der Waals surface area contributed by atoms with Crippen molar-refractivity contribution in [1.29, 1.82) is 0 Å². The van der Waals surface area contributed by atoms with E-state index < -0.39 is 34.6 Å². The van der Waals surface area contributed by atoms with Crippen LogP contribution in [0.25, 0.3) is 0 Å². The Morgan fingerprint density at radius 2 is 0.850 bits per heavy atom. The van der Waals surface area contributed by atoms with Crippen molar-refractivity contribution in [3.63, 3.8) is 0 Å². The Balaban J connectivity index is 2.45. The summed E-state index contributed by atoms with van der Waals surface area (Å²) in [6.45, 7) is 0. The van der Waals surface area contributed by atoms with Crippen molar-refractivity contribution < 1.29 is 17.6 Å². The summed E-state index contributed by atoms with van der Waals surface area (Å²) < 4.78 is 54.2. The molecule has 0 aliphatic rings. The predicted octanol–water partition coefficient (Wildman–Crippen LogP) is 6.18. The molecule has 0 N–H and O–H groups in total. The molecule has 0 aliphatic heterocycles. The first-order valence-corrected chi connectivity index (χ1v) is 6.68. The van der Waals surface area contributed by atoms with E-state index in [0.29, 0.717) is 0 Å². The van der Waals surface area contributed by atoms with Crippen LogP contribution in [-0.4, -0.2) is 0 Å². The van der Waals surface area contributed by atoms with Crippen LogP contribution in [0.3, 0.4) is 0 Å². The first-order valence-electron chi connectivity index (χ1n) is 5.09. The van der Waals surface area contributed by atoms with Gasteiger partial charge in [-0.2, -0.15) is 0 Å². The van der Waals surface area contributed by atoms with Gasteiger partial charge in [0.15, 0.2) is 34.6 Å². The Kier molecular flexibility index (Phi) is 4.54. The Bertz CT molecular complexity index is 598. The molecule has 8 heteroatoms. The first kappa shape index (κ1) is 15.1. The summed E-state index contributed by atoms with van der Waals surface area (Å²) in [5, 5.41) is 6.45. The van der Waals surface area contributed by atoms with Gasteiger partial charge in [0.25, 0.3) is 0 Å². The minimum absolute atomic E-state index is 0.174. The van der Waals surface area contributed by atoms with Gasteiger partial charge in [0.05, 0.1) is 0 Å². The molecule has 2 aromatic rings. The summed E-state index contributed by atoms with van der Waals surface area (Å²) >= 11 is 5.79. The van der Waals surface area contributed by atoms with Crippen LogP contribution in [0.1, 0.15) is 0 Å². The Labute approximate surface area is 127 Å². The molecule has 0 radical (unpaired) electrons. The second-order valence-corrected chi connectivity index (χ2v) is 5.47. The van der Waals surface area contributed by atoms with Crippen molar-refractivity contribution in [1.82, 2.24) is 0 Å². The third-order valence-corrected chi connectivity index (χ3v) is 3.13. The highest BCUT2D eigenvalue weighted by atomic mass is 79.9. The van der Waals surface area contributed by atoms with Gasteiger partial charge in [-0.3, -0.25) is 0 Å². The van der Waals surface area contributed by atoms with Crippen molar-refractivity contribution in [2.45, 2.75) is 0 Å². The highest BCUT2D eigenvalue weighted by molar-refractivity contribution is 9.10. The van der Waals surface area contributed by atoms with Crippen LogP contribution < -0.4 is 0 Å². The van der Waals surface area contributed by atoms with Gasteiger partial charge in [-0.15, -0.1) is 10.2 Å². The average Bonchev–Trinajstić information content (AvgIpc) is 2.30. The van der Waals surface area contributed by atoms with E-state index >= 15 is 0 Å². The molecule has 0 spiro atoms. The van der Waals surface area contributed by atoms with Crippen molar-refractivity contribution in [2.24, 2.45) is 10.2 Å². The van der Waals surface area contributed by atoms with Gasteiger partial charge in [0.2, 0.25) is 0 Å². The van der Waals surface area contributed by atoms with E-state index in [1.807, 2.05) is 0 Å². The molecular formula is C12H4Br2F4N2. The Hall–Kier alpha value is -1.28. The minimum atomic E-state index is -1.00. The lowest BCUT2D eigenvalue weighted by atomic mass is 10.3. The Morgan fingerprint density at radius 1 is 0.600 bits per heavy atom. The molecule has 2 nitrogen and oxygen atoms in total. The second-order valence-electron chi connectivity index (χ2n) is 3.64. The molecule has 0 atom stereocenters. The number of hydrogen-bond donors (Lipinski definition) is 0. The number of rotatable bonds is 2. The molecule has 0 amide bonds. The van der Waals surface area contributed by atoms with Crippen molar-refractivity contribution >= 4 is 43.2 Å². The largest absolute Gasteiger partial charge is 0.204 e. The maximum Gasteiger partial charge on any atom is 0.157 e. The number of azo groups is 1. The fourth-order valence-corrected chi connectivity index (χ4v) is 2.16. The quantitative estimate of drug-likeness (QED) is 0.416. The molecule has 2 aromatic carbocycles. The van der Waals surface area contributed by atoms with E-state index in [9.17, 15) is 17.6 Å². The van der Waals surface area contributed by atoms with Crippen LogP contribution in [0, 0.1) is 23.3 Å². The predicted molar refractivity (Wildman–Crippen MR) is 72.3 cm³/mol. The van der Waals surface area contributed by atoms with Gasteiger partial charge in [0, 0.05) is 8.95 Å². The minimum Gasteiger partial charge on any atom is -0.204 e. The molecular weight excluding hydrogens is 408 g/mol. The topological polar surface area (TPSA) is 24.7 Å². The summed E-state index contributed by atoms with van der Waals surface area (Å²) in [6.07, 6.45) is 0. The number of halogens is 6. The van der Waals surface area contributed by atoms with Crippen molar-refractivity contribution in [3.05, 3.63) is 56.5 Å². The standard InChI is InChI=1S/C12H4Br2F4N2/c13-5-1-7(15)11(8(16)2-5)19-20-12-9(17)3-6(14)4-10(12)18/h1-4H. The lowest BCUT2D eigenvalue weighted by Gasteiger charge is -2.01. The second kappa shape index (κ2) is 6.01. The number of nitrogens with zero attached hydrogens (tertiary/aromatic N) is 2. The molecule has 0 aromatic heterocycles. The number of hydrogen-bond acceptors (Lipinski definition) is 2. The van der Waals surface area contributed by atoms with E-state index in [1.54, 1.807) is 0 Å². The monoisotopic (exact) mass is 410 g/mol. The molecule has 20 heavy (non-hydrogen) atoms. The van der Waals surface area contributed by atoms with Gasteiger partial charge in [-0.1, -0.05) is 31.9 Å². The molecule has 0 fully saturated rings. The van der Waals surface area contributed by atoms with E-state index in [4.69, 9.17) is 0 Å². The third-order valence-electron chi connectivity index (χ3n) is 2.21. The smallest absolute Gasteiger partial charge is 0.157 e. The van der Waals surface area contributed by atoms with E-state index in [2.05, 4.69) is 42.1 Å². The number of benzene rings is 2. The van der Waals surface area contributed by atoms with Crippen LogP contribution in [0.4, 0.5) is 28.9 Å². The molecule has 0 unspecified atom stereocenters. The summed E-state index contributed by atoms with van der Waals surface area (Å²) in [6, 6.07) is 3.86. The third kappa shape index (κ3) is 3.24. The van der Waals surface area contributed by atoms with Gasteiger partial charge in [-0.25, -0.2) is 17.6 Å². The van der Waals surface area contributed by atoms with Crippen LogP contribution in [0.15, 0.2) is 43.4 Å². The zero-order valence-corrected chi connectivity index (χ0v) is 12.6. The molecule has 0 aliphatic carbocycles. The lowest BCUT2D eigenvalue weighted by Crippen LogP contribution is -1.85. The van der Waals surface area contributed by atoms with Gasteiger partial charge in [-0.05, 0) is 24.3 Å². The van der Waals surface area contributed by atoms with Crippen LogP contribution in [0.2, 0.25) is 0 Å². The summed E-state index contributed by atoms with van der Waals surface area (Å²) in [5.41, 5.74) is -1.45. The van der Waals surface area contributed by atoms with Gasteiger partial charge >= 0.3 is 0 Å². The zero-order chi connectivity index (χ0) is 14.9. The molecule has 0 saturated heterocycles. The first-order chi connectivity index (χ1) is 9.38. The van der Waals surface area contributed by atoms with E-state index in [1.165, 1.54) is 0 Å². The lowest BCUT2D eigenvalue weighted by molar-refractivity contribution is 0.575. The highest BCUT2D eigenvalue weighted by Gasteiger charge is 2.13. The van der Waals surface area contributed by atoms with Gasteiger partial charge in [0.1, 0.15) is 0 Å². The maximum atomic E-state index is 13.5. The van der Waals surface area contributed by atoms with E-state index in [0.717, 1.165) is 24.3 Å².